The van der Waals surface area contributed by atoms with Crippen molar-refractivity contribution in [3.05, 3.63) is 12.2 Å². The van der Waals surface area contributed by atoms with E-state index in [4.69, 9.17) is 18.9 Å². The summed E-state index contributed by atoms with van der Waals surface area (Å²) in [5, 5.41) is 87.6. The Morgan fingerprint density at radius 1 is 0.432 bits per heavy atom. The predicted molar refractivity (Wildman–Crippen MR) is 328 cm³/mol. The van der Waals surface area contributed by atoms with Crippen LogP contribution in [0.25, 0.3) is 0 Å². The van der Waals surface area contributed by atoms with E-state index in [0.717, 1.165) is 51.4 Å². The highest BCUT2D eigenvalue weighted by atomic mass is 16.7. The van der Waals surface area contributed by atoms with Crippen molar-refractivity contribution in [1.29, 1.82) is 0 Å². The zero-order chi connectivity index (χ0) is 58.8. The van der Waals surface area contributed by atoms with Gasteiger partial charge >= 0.3 is 0 Å². The second-order valence-electron chi connectivity index (χ2n) is 24.7. The lowest BCUT2D eigenvalue weighted by Crippen LogP contribution is -2.65. The Kier molecular flexibility index (Phi) is 49.6. The van der Waals surface area contributed by atoms with E-state index in [2.05, 4.69) is 31.3 Å². The predicted octanol–water partition coefficient (Wildman–Crippen LogP) is 13.4. The van der Waals surface area contributed by atoms with Gasteiger partial charge in [-0.15, -0.1) is 0 Å². The van der Waals surface area contributed by atoms with Crippen LogP contribution in [0.2, 0.25) is 0 Å². The van der Waals surface area contributed by atoms with Crippen molar-refractivity contribution in [1.82, 2.24) is 5.32 Å². The van der Waals surface area contributed by atoms with Crippen LogP contribution in [-0.4, -0.2) is 140 Å². The van der Waals surface area contributed by atoms with Gasteiger partial charge in [-0.25, -0.2) is 0 Å². The number of ether oxygens (including phenoxy) is 4. The van der Waals surface area contributed by atoms with Crippen molar-refractivity contribution in [2.45, 2.75) is 389 Å². The summed E-state index contributed by atoms with van der Waals surface area (Å²) in [4.78, 5) is 13.3. The van der Waals surface area contributed by atoms with E-state index in [9.17, 15) is 45.6 Å². The highest BCUT2D eigenvalue weighted by Crippen LogP contribution is 2.30. The molecule has 0 spiro atoms. The van der Waals surface area contributed by atoms with Crippen molar-refractivity contribution >= 4 is 5.91 Å². The quantitative estimate of drug-likeness (QED) is 0.0204. The molecule has 12 unspecified atom stereocenters. The van der Waals surface area contributed by atoms with Crippen LogP contribution in [0.5, 0.6) is 0 Å². The SMILES string of the molecule is CCCCCCCCCC/C=C\CCCCCCCCCCCC(=O)NC(COC1OC(CO)C(OC2OC(CO)C(O)C(O)C2O)C(O)C1O)C(O)CCCCCCCCCCCCCCCCCCCCCCCCCCCC. The van der Waals surface area contributed by atoms with E-state index in [1.807, 2.05) is 0 Å². The van der Waals surface area contributed by atoms with Crippen LogP contribution >= 0.6 is 0 Å². The fraction of sp³-hybridized carbons (Fsp3) is 0.955. The average Bonchev–Trinajstić information content (AvgIpc) is 3.47. The molecule has 2 saturated heterocycles. The second-order valence-corrected chi connectivity index (χ2v) is 24.7. The molecule has 0 aromatic carbocycles. The van der Waals surface area contributed by atoms with Gasteiger partial charge in [0.25, 0.3) is 0 Å². The highest BCUT2D eigenvalue weighted by molar-refractivity contribution is 5.76. The number of hydrogen-bond donors (Lipinski definition) is 9. The maximum Gasteiger partial charge on any atom is 0.220 e. The molecular weight excluding hydrogens is 1030 g/mol. The third-order valence-corrected chi connectivity index (χ3v) is 17.2. The Bertz CT molecular complexity index is 1410. The number of allylic oxidation sites excluding steroid dienone is 2. The minimum absolute atomic E-state index is 0.203. The van der Waals surface area contributed by atoms with E-state index < -0.39 is 86.8 Å². The zero-order valence-corrected chi connectivity index (χ0v) is 52.1. The topological polar surface area (TPSA) is 228 Å². The number of rotatable bonds is 57. The molecule has 0 aliphatic carbocycles. The van der Waals surface area contributed by atoms with Crippen LogP contribution in [0, 0.1) is 0 Å². The van der Waals surface area contributed by atoms with Gasteiger partial charge in [-0.3, -0.25) is 4.79 Å². The van der Waals surface area contributed by atoms with E-state index in [0.29, 0.717) is 12.8 Å². The van der Waals surface area contributed by atoms with Crippen molar-refractivity contribution in [3.8, 4) is 0 Å². The van der Waals surface area contributed by atoms with Gasteiger partial charge in [-0.2, -0.15) is 0 Å². The molecule has 14 nitrogen and oxygen atoms in total. The molecule has 81 heavy (non-hydrogen) atoms. The number of carbonyl (C=O) groups excluding carboxylic acids is 1. The molecule has 0 radical (unpaired) electrons. The first-order valence-electron chi connectivity index (χ1n) is 34.4. The lowest BCUT2D eigenvalue weighted by Gasteiger charge is -2.46. The summed E-state index contributed by atoms with van der Waals surface area (Å²) < 4.78 is 22.9. The van der Waals surface area contributed by atoms with Crippen molar-refractivity contribution in [3.63, 3.8) is 0 Å². The summed E-state index contributed by atoms with van der Waals surface area (Å²) in [6.45, 7) is 2.91. The summed E-state index contributed by atoms with van der Waals surface area (Å²) >= 11 is 0. The third-order valence-electron chi connectivity index (χ3n) is 17.2. The molecule has 2 heterocycles. The first-order valence-corrected chi connectivity index (χ1v) is 34.4. The highest BCUT2D eigenvalue weighted by Gasteiger charge is 2.51. The summed E-state index contributed by atoms with van der Waals surface area (Å²) in [6, 6.07) is -0.828. The van der Waals surface area contributed by atoms with Gasteiger partial charge in [0, 0.05) is 6.42 Å². The molecule has 9 N–H and O–H groups in total. The standard InChI is InChI=1S/C67H129NO13/c1-3-5-7-9-11-13-15-17-19-21-23-25-26-27-28-29-31-32-34-36-38-40-42-44-46-48-50-56(71)55(54-78-66-64(77)62(75)65(58(53-70)80-66)81-67-63(76)61(74)60(73)57(52-69)79-67)68-59(72)51-49-47-45-43-41-39-37-35-33-30-24-22-20-18-16-14-12-10-8-6-4-2/h22,24,55-58,60-67,69-71,73-77H,3-21,23,25-54H2,1-2H3,(H,68,72)/b24-22-. The van der Waals surface area contributed by atoms with E-state index in [-0.39, 0.29) is 12.5 Å². The average molecular weight is 1160 g/mol. The number of aliphatic hydroxyl groups is 8. The molecule has 0 aromatic rings. The Balaban J connectivity index is 1.68. The van der Waals surface area contributed by atoms with Crippen LogP contribution in [0.15, 0.2) is 12.2 Å². The maximum absolute atomic E-state index is 13.3. The molecular formula is C67H129NO13. The van der Waals surface area contributed by atoms with Gasteiger partial charge in [0.2, 0.25) is 5.91 Å². The normalized spacial score (nSPS) is 24.1. The van der Waals surface area contributed by atoms with Crippen molar-refractivity contribution in [2.24, 2.45) is 0 Å². The number of nitrogens with one attached hydrogen (secondary N) is 1. The Labute approximate surface area is 495 Å². The van der Waals surface area contributed by atoms with Gasteiger partial charge in [0.05, 0.1) is 32.0 Å². The number of carbonyl (C=O) groups is 1. The maximum atomic E-state index is 13.3. The fourth-order valence-corrected chi connectivity index (χ4v) is 11.7. The number of hydrogen-bond acceptors (Lipinski definition) is 13. The van der Waals surface area contributed by atoms with Gasteiger partial charge in [-0.1, -0.05) is 283 Å². The van der Waals surface area contributed by atoms with Crippen LogP contribution < -0.4 is 5.32 Å². The number of amides is 1. The largest absolute Gasteiger partial charge is 0.394 e. The lowest BCUT2D eigenvalue weighted by atomic mass is 9.97. The van der Waals surface area contributed by atoms with Gasteiger partial charge in [0.15, 0.2) is 12.6 Å². The van der Waals surface area contributed by atoms with Crippen LogP contribution in [0.1, 0.15) is 316 Å². The molecule has 480 valence electrons. The van der Waals surface area contributed by atoms with E-state index in [1.165, 1.54) is 238 Å². The van der Waals surface area contributed by atoms with Gasteiger partial charge in [0.1, 0.15) is 48.8 Å². The second kappa shape index (κ2) is 53.0. The number of unbranched alkanes of at least 4 members (excludes halogenated alkanes) is 42. The van der Waals surface area contributed by atoms with Gasteiger partial charge in [-0.05, 0) is 38.5 Å². The summed E-state index contributed by atoms with van der Waals surface area (Å²) in [5.74, 6) is -0.203. The first kappa shape index (κ1) is 75.8. The summed E-state index contributed by atoms with van der Waals surface area (Å²) in [6.07, 6.45) is 46.5. The lowest BCUT2D eigenvalue weighted by molar-refractivity contribution is -0.359. The molecule has 0 saturated carbocycles. The van der Waals surface area contributed by atoms with Crippen LogP contribution in [0.4, 0.5) is 0 Å². The fourth-order valence-electron chi connectivity index (χ4n) is 11.7. The molecule has 14 heteroatoms. The van der Waals surface area contributed by atoms with Crippen molar-refractivity contribution in [2.75, 3.05) is 19.8 Å². The third kappa shape index (κ3) is 37.8. The smallest absolute Gasteiger partial charge is 0.220 e. The zero-order valence-electron chi connectivity index (χ0n) is 52.1. The Morgan fingerprint density at radius 3 is 1.17 bits per heavy atom. The molecule has 2 fully saturated rings. The summed E-state index contributed by atoms with van der Waals surface area (Å²) in [7, 11) is 0. The molecule has 0 bridgehead atoms. The van der Waals surface area contributed by atoms with Crippen molar-refractivity contribution < 1.29 is 64.6 Å². The van der Waals surface area contributed by atoms with Gasteiger partial charge < -0.3 is 65.1 Å². The number of aliphatic hydroxyl groups excluding tert-OH is 8. The molecule has 1 amide bonds. The van der Waals surface area contributed by atoms with Crippen LogP contribution in [-0.2, 0) is 23.7 Å². The van der Waals surface area contributed by atoms with Crippen LogP contribution in [0.3, 0.4) is 0 Å². The summed E-state index contributed by atoms with van der Waals surface area (Å²) in [5.41, 5.74) is 0. The van der Waals surface area contributed by atoms with E-state index in [1.54, 1.807) is 0 Å². The Hall–Kier alpha value is -1.27. The first-order chi connectivity index (χ1) is 39.6. The van der Waals surface area contributed by atoms with E-state index >= 15 is 0 Å². The molecule has 2 rings (SSSR count). The minimum Gasteiger partial charge on any atom is -0.394 e. The molecule has 2 aliphatic rings. The monoisotopic (exact) mass is 1160 g/mol. The Morgan fingerprint density at radius 2 is 0.778 bits per heavy atom. The molecule has 12 atom stereocenters. The minimum atomic E-state index is -1.78. The molecule has 2 aliphatic heterocycles. The molecule has 0 aromatic heterocycles.